The quantitative estimate of drug-likeness (QED) is 0.772. The van der Waals surface area contributed by atoms with Crippen LogP contribution in [-0.4, -0.2) is 24.9 Å². The van der Waals surface area contributed by atoms with Crippen LogP contribution in [0.15, 0.2) is 24.3 Å². The van der Waals surface area contributed by atoms with Gasteiger partial charge >= 0.3 is 0 Å². The van der Waals surface area contributed by atoms with Gasteiger partial charge in [-0.1, -0.05) is 32.9 Å². The molecule has 0 aromatic heterocycles. The molecule has 0 aliphatic rings. The predicted molar refractivity (Wildman–Crippen MR) is 72.8 cm³/mol. The van der Waals surface area contributed by atoms with Gasteiger partial charge in [-0.25, -0.2) is 0 Å². The van der Waals surface area contributed by atoms with Crippen molar-refractivity contribution in [2.45, 2.75) is 33.3 Å². The minimum atomic E-state index is -0.566. The molecule has 0 spiro atoms. The fraction of sp³-hybridized carbons (Fsp3) is 0.600. The monoisotopic (exact) mass is 252 g/mol. The molecule has 3 heteroatoms. The number of aliphatic hydroxyl groups is 1. The Morgan fingerprint density at radius 2 is 1.78 bits per heavy atom. The van der Waals surface area contributed by atoms with Crippen LogP contribution in [-0.2, 0) is 4.74 Å². The summed E-state index contributed by atoms with van der Waals surface area (Å²) in [5.41, 5.74) is 0.864. The summed E-state index contributed by atoms with van der Waals surface area (Å²) < 4.78 is 10.9. The van der Waals surface area contributed by atoms with E-state index < -0.39 is 6.10 Å². The van der Waals surface area contributed by atoms with Crippen molar-refractivity contribution in [3.63, 3.8) is 0 Å². The van der Waals surface area contributed by atoms with Crippen LogP contribution in [0, 0.1) is 5.92 Å². The number of ether oxygens (including phenoxy) is 2. The summed E-state index contributed by atoms with van der Waals surface area (Å²) in [6.07, 6.45) is 0.428. The Labute approximate surface area is 110 Å². The van der Waals surface area contributed by atoms with Crippen molar-refractivity contribution < 1.29 is 14.6 Å². The Bertz CT molecular complexity index is 319. The van der Waals surface area contributed by atoms with E-state index in [2.05, 4.69) is 20.8 Å². The first-order chi connectivity index (χ1) is 8.63. The van der Waals surface area contributed by atoms with Gasteiger partial charge in [0.15, 0.2) is 0 Å². The molecule has 0 amide bonds. The SMILES string of the molecule is CCCOc1ccc(C(O)COCC(C)C)cc1. The van der Waals surface area contributed by atoms with Gasteiger partial charge in [0.05, 0.1) is 13.2 Å². The van der Waals surface area contributed by atoms with Crippen LogP contribution in [0.5, 0.6) is 5.75 Å². The van der Waals surface area contributed by atoms with Gasteiger partial charge in [0.2, 0.25) is 0 Å². The lowest BCUT2D eigenvalue weighted by molar-refractivity contribution is 0.0250. The van der Waals surface area contributed by atoms with Crippen LogP contribution in [0.2, 0.25) is 0 Å². The van der Waals surface area contributed by atoms with Crippen LogP contribution in [0.3, 0.4) is 0 Å². The van der Waals surface area contributed by atoms with Crippen molar-refractivity contribution in [1.29, 1.82) is 0 Å². The van der Waals surface area contributed by atoms with Crippen LogP contribution >= 0.6 is 0 Å². The largest absolute Gasteiger partial charge is 0.494 e. The summed E-state index contributed by atoms with van der Waals surface area (Å²) in [6, 6.07) is 7.54. The third kappa shape index (κ3) is 5.52. The lowest BCUT2D eigenvalue weighted by Gasteiger charge is -2.13. The van der Waals surface area contributed by atoms with Crippen molar-refractivity contribution in [2.75, 3.05) is 19.8 Å². The second-order valence-electron chi connectivity index (χ2n) is 4.86. The van der Waals surface area contributed by atoms with Crippen molar-refractivity contribution in [3.05, 3.63) is 29.8 Å². The van der Waals surface area contributed by atoms with E-state index in [0.717, 1.165) is 24.3 Å². The molecule has 1 N–H and O–H groups in total. The maximum absolute atomic E-state index is 9.93. The number of aliphatic hydroxyl groups excluding tert-OH is 1. The van der Waals surface area contributed by atoms with Crippen molar-refractivity contribution in [3.8, 4) is 5.75 Å². The van der Waals surface area contributed by atoms with E-state index in [4.69, 9.17) is 9.47 Å². The highest BCUT2D eigenvalue weighted by Gasteiger charge is 2.08. The Kier molecular flexibility index (Phi) is 6.76. The highest BCUT2D eigenvalue weighted by molar-refractivity contribution is 5.28. The molecule has 1 atom stereocenters. The van der Waals surface area contributed by atoms with Crippen LogP contribution in [0.4, 0.5) is 0 Å². The molecule has 0 aliphatic heterocycles. The molecular formula is C15H24O3. The van der Waals surface area contributed by atoms with E-state index in [1.165, 1.54) is 0 Å². The smallest absolute Gasteiger partial charge is 0.119 e. The molecule has 1 aromatic carbocycles. The van der Waals surface area contributed by atoms with E-state index in [0.29, 0.717) is 19.1 Å². The zero-order valence-corrected chi connectivity index (χ0v) is 11.6. The lowest BCUT2D eigenvalue weighted by atomic mass is 10.1. The molecular weight excluding hydrogens is 228 g/mol. The molecule has 0 radical (unpaired) electrons. The van der Waals surface area contributed by atoms with Crippen LogP contribution < -0.4 is 4.74 Å². The Morgan fingerprint density at radius 1 is 1.11 bits per heavy atom. The average molecular weight is 252 g/mol. The summed E-state index contributed by atoms with van der Waals surface area (Å²) in [6.45, 7) is 7.99. The number of hydrogen-bond acceptors (Lipinski definition) is 3. The molecule has 0 aliphatic carbocycles. The molecule has 1 unspecified atom stereocenters. The third-order valence-corrected chi connectivity index (χ3v) is 2.46. The average Bonchev–Trinajstić information content (AvgIpc) is 2.36. The van der Waals surface area contributed by atoms with E-state index >= 15 is 0 Å². The Balaban J connectivity index is 2.40. The van der Waals surface area contributed by atoms with Crippen molar-refractivity contribution >= 4 is 0 Å². The predicted octanol–water partition coefficient (Wildman–Crippen LogP) is 3.18. The normalized spacial score (nSPS) is 12.7. The maximum Gasteiger partial charge on any atom is 0.119 e. The standard InChI is InChI=1S/C15H24O3/c1-4-9-18-14-7-5-13(6-8-14)15(16)11-17-10-12(2)3/h5-8,12,15-16H,4,9-11H2,1-3H3. The fourth-order valence-electron chi connectivity index (χ4n) is 1.52. The first-order valence-corrected chi connectivity index (χ1v) is 6.62. The van der Waals surface area contributed by atoms with E-state index in [1.54, 1.807) is 0 Å². The minimum absolute atomic E-state index is 0.341. The zero-order chi connectivity index (χ0) is 13.4. The number of hydrogen-bond donors (Lipinski definition) is 1. The Morgan fingerprint density at radius 3 is 2.33 bits per heavy atom. The van der Waals surface area contributed by atoms with Gasteiger partial charge < -0.3 is 14.6 Å². The molecule has 0 saturated carbocycles. The highest BCUT2D eigenvalue weighted by Crippen LogP contribution is 2.18. The van der Waals surface area contributed by atoms with Crippen LogP contribution in [0.25, 0.3) is 0 Å². The molecule has 0 saturated heterocycles. The van der Waals surface area contributed by atoms with Crippen molar-refractivity contribution in [1.82, 2.24) is 0 Å². The molecule has 0 heterocycles. The summed E-state index contributed by atoms with van der Waals surface area (Å²) in [5, 5.41) is 9.93. The van der Waals surface area contributed by atoms with Gasteiger partial charge in [-0.15, -0.1) is 0 Å². The summed E-state index contributed by atoms with van der Waals surface area (Å²) >= 11 is 0. The zero-order valence-electron chi connectivity index (χ0n) is 11.6. The molecule has 3 nitrogen and oxygen atoms in total. The molecule has 1 rings (SSSR count). The van der Waals surface area contributed by atoms with Gasteiger partial charge in [-0.05, 0) is 30.0 Å². The highest BCUT2D eigenvalue weighted by atomic mass is 16.5. The first kappa shape index (κ1) is 15.0. The maximum atomic E-state index is 9.93. The van der Waals surface area contributed by atoms with Gasteiger partial charge in [0, 0.05) is 6.61 Å². The first-order valence-electron chi connectivity index (χ1n) is 6.62. The van der Waals surface area contributed by atoms with E-state index in [1.807, 2.05) is 24.3 Å². The van der Waals surface area contributed by atoms with Gasteiger partial charge in [-0.2, -0.15) is 0 Å². The minimum Gasteiger partial charge on any atom is -0.494 e. The number of rotatable bonds is 8. The van der Waals surface area contributed by atoms with Crippen LogP contribution in [0.1, 0.15) is 38.9 Å². The summed E-state index contributed by atoms with van der Waals surface area (Å²) in [4.78, 5) is 0. The summed E-state index contributed by atoms with van der Waals surface area (Å²) in [5.74, 6) is 1.33. The van der Waals surface area contributed by atoms with Crippen molar-refractivity contribution in [2.24, 2.45) is 5.92 Å². The lowest BCUT2D eigenvalue weighted by Crippen LogP contribution is -2.10. The third-order valence-electron chi connectivity index (χ3n) is 2.46. The molecule has 1 aromatic rings. The molecule has 18 heavy (non-hydrogen) atoms. The van der Waals surface area contributed by atoms with Gasteiger partial charge in [-0.3, -0.25) is 0 Å². The van der Waals surface area contributed by atoms with Gasteiger partial charge in [0.1, 0.15) is 11.9 Å². The van der Waals surface area contributed by atoms with E-state index in [9.17, 15) is 5.11 Å². The van der Waals surface area contributed by atoms with E-state index in [-0.39, 0.29) is 0 Å². The second-order valence-corrected chi connectivity index (χ2v) is 4.86. The second kappa shape index (κ2) is 8.11. The van der Waals surface area contributed by atoms with Gasteiger partial charge in [0.25, 0.3) is 0 Å². The molecule has 102 valence electrons. The Hall–Kier alpha value is -1.06. The summed E-state index contributed by atoms with van der Waals surface area (Å²) in [7, 11) is 0. The molecule has 0 bridgehead atoms. The molecule has 0 fully saturated rings. The topological polar surface area (TPSA) is 38.7 Å². The fourth-order valence-corrected chi connectivity index (χ4v) is 1.52. The number of benzene rings is 1.